The van der Waals surface area contributed by atoms with Crippen LogP contribution in [-0.2, 0) is 0 Å². The predicted octanol–water partition coefficient (Wildman–Crippen LogP) is 3.07. The molecule has 4 heteroatoms. The normalized spacial score (nSPS) is 11.9. The molecule has 0 amide bonds. The second kappa shape index (κ2) is 6.35. The average molecular weight is 266 g/mol. The van der Waals surface area contributed by atoms with Crippen LogP contribution in [0.25, 0.3) is 0 Å². The lowest BCUT2D eigenvalue weighted by molar-refractivity contribution is 0.636. The van der Waals surface area contributed by atoms with Crippen molar-refractivity contribution >= 4 is 28.3 Å². The minimum atomic E-state index is 0. The van der Waals surface area contributed by atoms with Crippen molar-refractivity contribution in [1.82, 2.24) is 4.98 Å². The zero-order chi connectivity index (χ0) is 8.97. The molecule has 0 aliphatic carbocycles. The first-order valence-electron chi connectivity index (χ1n) is 4.10. The van der Waals surface area contributed by atoms with Crippen molar-refractivity contribution in [3.63, 3.8) is 0 Å². The molecule has 1 aromatic heterocycles. The first kappa shape index (κ1) is 12.9. The Labute approximate surface area is 93.5 Å². The largest absolute Gasteiger partial charge is 0.324 e. The molecule has 74 valence electrons. The van der Waals surface area contributed by atoms with Gasteiger partial charge in [-0.25, -0.2) is 0 Å². The molecular formula is C9H14BrClN2. The van der Waals surface area contributed by atoms with Gasteiger partial charge in [0.25, 0.3) is 0 Å². The van der Waals surface area contributed by atoms with E-state index in [1.165, 1.54) is 0 Å². The SMILES string of the molecule is CCC[C@H](N)c1cncc(Br)c1.Cl. The van der Waals surface area contributed by atoms with E-state index < -0.39 is 0 Å². The van der Waals surface area contributed by atoms with E-state index >= 15 is 0 Å². The van der Waals surface area contributed by atoms with E-state index in [1.54, 1.807) is 6.20 Å². The summed E-state index contributed by atoms with van der Waals surface area (Å²) in [7, 11) is 0. The molecule has 0 aliphatic heterocycles. The summed E-state index contributed by atoms with van der Waals surface area (Å²) in [5, 5.41) is 0. The van der Waals surface area contributed by atoms with Crippen LogP contribution in [0.15, 0.2) is 22.9 Å². The Balaban J connectivity index is 0.00000144. The van der Waals surface area contributed by atoms with Crippen LogP contribution in [0.3, 0.4) is 0 Å². The lowest BCUT2D eigenvalue weighted by Gasteiger charge is -2.09. The first-order valence-corrected chi connectivity index (χ1v) is 4.89. The van der Waals surface area contributed by atoms with Gasteiger partial charge in [0.15, 0.2) is 0 Å². The second-order valence-corrected chi connectivity index (χ2v) is 3.75. The molecule has 0 unspecified atom stereocenters. The van der Waals surface area contributed by atoms with Crippen LogP contribution in [0, 0.1) is 0 Å². The van der Waals surface area contributed by atoms with Crippen LogP contribution >= 0.6 is 28.3 Å². The van der Waals surface area contributed by atoms with E-state index in [9.17, 15) is 0 Å². The summed E-state index contributed by atoms with van der Waals surface area (Å²) < 4.78 is 0.992. The summed E-state index contributed by atoms with van der Waals surface area (Å²) in [5.74, 6) is 0. The fraction of sp³-hybridized carbons (Fsp3) is 0.444. The maximum Gasteiger partial charge on any atom is 0.0410 e. The fourth-order valence-electron chi connectivity index (χ4n) is 1.11. The molecule has 0 fully saturated rings. The minimum Gasteiger partial charge on any atom is -0.324 e. The number of nitrogens with zero attached hydrogens (tertiary/aromatic N) is 1. The van der Waals surface area contributed by atoms with Crippen LogP contribution in [0.4, 0.5) is 0 Å². The highest BCUT2D eigenvalue weighted by Gasteiger charge is 2.04. The van der Waals surface area contributed by atoms with Crippen LogP contribution in [0.5, 0.6) is 0 Å². The van der Waals surface area contributed by atoms with Crippen molar-refractivity contribution in [2.75, 3.05) is 0 Å². The van der Waals surface area contributed by atoms with Crippen molar-refractivity contribution in [2.24, 2.45) is 5.73 Å². The van der Waals surface area contributed by atoms with Gasteiger partial charge in [0.05, 0.1) is 0 Å². The third-order valence-electron chi connectivity index (χ3n) is 1.75. The average Bonchev–Trinajstić information content (AvgIpc) is 2.05. The van der Waals surface area contributed by atoms with E-state index in [1.807, 2.05) is 12.3 Å². The molecule has 0 bridgehead atoms. The van der Waals surface area contributed by atoms with E-state index in [-0.39, 0.29) is 18.4 Å². The van der Waals surface area contributed by atoms with Crippen molar-refractivity contribution in [2.45, 2.75) is 25.8 Å². The molecule has 2 N–H and O–H groups in total. The topological polar surface area (TPSA) is 38.9 Å². The highest BCUT2D eigenvalue weighted by Crippen LogP contribution is 2.18. The summed E-state index contributed by atoms with van der Waals surface area (Å²) in [5.41, 5.74) is 7.02. The summed E-state index contributed by atoms with van der Waals surface area (Å²) in [6.07, 6.45) is 5.71. The Morgan fingerprint density at radius 3 is 2.77 bits per heavy atom. The molecule has 0 aliphatic rings. The highest BCUT2D eigenvalue weighted by atomic mass is 79.9. The van der Waals surface area contributed by atoms with Gasteiger partial charge in [-0.05, 0) is 34.0 Å². The third kappa shape index (κ3) is 4.07. The Morgan fingerprint density at radius 2 is 2.23 bits per heavy atom. The first-order chi connectivity index (χ1) is 5.74. The monoisotopic (exact) mass is 264 g/mol. The maximum atomic E-state index is 5.91. The Bertz CT molecular complexity index is 255. The van der Waals surface area contributed by atoms with Crippen molar-refractivity contribution in [3.8, 4) is 0 Å². The van der Waals surface area contributed by atoms with Crippen LogP contribution in [-0.4, -0.2) is 4.98 Å². The van der Waals surface area contributed by atoms with Gasteiger partial charge in [-0.1, -0.05) is 13.3 Å². The molecule has 0 spiro atoms. The van der Waals surface area contributed by atoms with Gasteiger partial charge in [-0.3, -0.25) is 4.98 Å². The Hall–Kier alpha value is -0.120. The minimum absolute atomic E-state index is 0. The van der Waals surface area contributed by atoms with Crippen molar-refractivity contribution in [3.05, 3.63) is 28.5 Å². The summed E-state index contributed by atoms with van der Waals surface area (Å²) in [6.45, 7) is 2.13. The van der Waals surface area contributed by atoms with Gasteiger partial charge < -0.3 is 5.73 Å². The van der Waals surface area contributed by atoms with Gasteiger partial charge in [0, 0.05) is 22.9 Å². The molecule has 2 nitrogen and oxygen atoms in total. The lowest BCUT2D eigenvalue weighted by Crippen LogP contribution is -2.09. The maximum absolute atomic E-state index is 5.91. The smallest absolute Gasteiger partial charge is 0.0410 e. The molecule has 0 saturated carbocycles. The number of pyridine rings is 1. The predicted molar refractivity (Wildman–Crippen MR) is 61.0 cm³/mol. The molecule has 1 aromatic rings. The van der Waals surface area contributed by atoms with E-state index in [4.69, 9.17) is 5.73 Å². The molecule has 0 aromatic carbocycles. The number of nitrogens with two attached hydrogens (primary N) is 1. The van der Waals surface area contributed by atoms with E-state index in [0.29, 0.717) is 0 Å². The summed E-state index contributed by atoms with van der Waals surface area (Å²) >= 11 is 3.36. The third-order valence-corrected chi connectivity index (χ3v) is 2.19. The zero-order valence-electron chi connectivity index (χ0n) is 7.53. The molecule has 1 atom stereocenters. The van der Waals surface area contributed by atoms with Gasteiger partial charge >= 0.3 is 0 Å². The van der Waals surface area contributed by atoms with Gasteiger partial charge in [0.1, 0.15) is 0 Å². The lowest BCUT2D eigenvalue weighted by atomic mass is 10.1. The van der Waals surface area contributed by atoms with Gasteiger partial charge in [0.2, 0.25) is 0 Å². The highest BCUT2D eigenvalue weighted by molar-refractivity contribution is 9.10. The summed E-state index contributed by atoms with van der Waals surface area (Å²) in [4.78, 5) is 4.06. The molecule has 13 heavy (non-hydrogen) atoms. The molecule has 1 rings (SSSR count). The zero-order valence-corrected chi connectivity index (χ0v) is 9.94. The molecular weight excluding hydrogens is 251 g/mol. The number of hydrogen-bond donors (Lipinski definition) is 1. The summed E-state index contributed by atoms with van der Waals surface area (Å²) in [6, 6.07) is 2.15. The Kier molecular flexibility index (Phi) is 6.29. The number of hydrogen-bond acceptors (Lipinski definition) is 2. The number of aromatic nitrogens is 1. The molecule has 1 heterocycles. The number of rotatable bonds is 3. The van der Waals surface area contributed by atoms with Crippen molar-refractivity contribution < 1.29 is 0 Å². The van der Waals surface area contributed by atoms with Gasteiger partial charge in [-0.15, -0.1) is 12.4 Å². The second-order valence-electron chi connectivity index (χ2n) is 2.83. The van der Waals surface area contributed by atoms with Gasteiger partial charge in [-0.2, -0.15) is 0 Å². The quantitative estimate of drug-likeness (QED) is 0.912. The van der Waals surface area contributed by atoms with Crippen LogP contribution in [0.1, 0.15) is 31.4 Å². The van der Waals surface area contributed by atoms with E-state index in [0.717, 1.165) is 22.9 Å². The molecule has 0 radical (unpaired) electrons. The van der Waals surface area contributed by atoms with Crippen molar-refractivity contribution in [1.29, 1.82) is 0 Å². The van der Waals surface area contributed by atoms with Crippen LogP contribution < -0.4 is 5.73 Å². The Morgan fingerprint density at radius 1 is 1.54 bits per heavy atom. The number of halogens is 2. The molecule has 0 saturated heterocycles. The van der Waals surface area contributed by atoms with E-state index in [2.05, 4.69) is 27.8 Å². The fourth-order valence-corrected chi connectivity index (χ4v) is 1.49. The standard InChI is InChI=1S/C9H13BrN2.ClH/c1-2-3-9(11)7-4-8(10)6-12-5-7;/h4-6,9H,2-3,11H2,1H3;1H/t9-;/m0./s1. The van der Waals surface area contributed by atoms with Crippen LogP contribution in [0.2, 0.25) is 0 Å².